The van der Waals surface area contributed by atoms with E-state index >= 15 is 0 Å². The zero-order valence-corrected chi connectivity index (χ0v) is 26.4. The van der Waals surface area contributed by atoms with Gasteiger partial charge in [0.25, 0.3) is 0 Å². The van der Waals surface area contributed by atoms with Gasteiger partial charge in [0.05, 0.1) is 19.8 Å². The van der Waals surface area contributed by atoms with E-state index in [1.54, 1.807) is 13.1 Å². The minimum Gasteiger partial charge on any atom is -0.472 e. The number of cyclic esters (lactones) is 1. The number of amides is 2. The van der Waals surface area contributed by atoms with E-state index in [1.165, 1.54) is 4.90 Å². The molecule has 2 aromatic rings. The lowest BCUT2D eigenvalue weighted by Gasteiger charge is -2.35. The third-order valence-electron chi connectivity index (χ3n) is 7.54. The number of nitrogens with one attached hydrogen (secondary N) is 1. The number of nitrogens with zero attached hydrogens (tertiary/aromatic N) is 2. The predicted molar refractivity (Wildman–Crippen MR) is 160 cm³/mol. The number of esters is 1. The molecule has 4 rings (SSSR count). The van der Waals surface area contributed by atoms with Crippen molar-refractivity contribution in [3.8, 4) is 5.88 Å². The van der Waals surface area contributed by atoms with Crippen molar-refractivity contribution in [2.24, 2.45) is 10.8 Å². The first-order valence-corrected chi connectivity index (χ1v) is 15.0. The van der Waals surface area contributed by atoms with Crippen LogP contribution in [0.2, 0.25) is 0 Å². The SMILES string of the molecule is CCOC(=O)[C@@H]1C[C@@H]2CN1C(=O)[C@H](C(C)(C)C)NC(=O)OCC(C)(C)CCCc1ccc3c(I)cnc(c3c1)O2. The predicted octanol–water partition coefficient (Wildman–Crippen LogP) is 5.25. The number of fused-ring (bicyclic) bond motifs is 3. The van der Waals surface area contributed by atoms with Crippen molar-refractivity contribution in [3.63, 3.8) is 0 Å². The minimum atomic E-state index is -0.919. The van der Waals surface area contributed by atoms with E-state index in [-0.39, 0.29) is 37.5 Å². The van der Waals surface area contributed by atoms with Crippen molar-refractivity contribution >= 4 is 51.3 Å². The van der Waals surface area contributed by atoms with Gasteiger partial charge in [-0.3, -0.25) is 4.79 Å². The van der Waals surface area contributed by atoms with Gasteiger partial charge < -0.3 is 24.4 Å². The molecule has 3 heterocycles. The van der Waals surface area contributed by atoms with Crippen molar-refractivity contribution in [1.29, 1.82) is 0 Å². The molecule has 1 fully saturated rings. The maximum absolute atomic E-state index is 14.0. The highest BCUT2D eigenvalue weighted by Gasteiger charge is 2.46. The summed E-state index contributed by atoms with van der Waals surface area (Å²) in [4.78, 5) is 46.0. The molecule has 1 N–H and O–H groups in total. The molecule has 3 atom stereocenters. The number of rotatable bonds is 2. The summed E-state index contributed by atoms with van der Waals surface area (Å²) in [5.74, 6) is -0.390. The van der Waals surface area contributed by atoms with Crippen LogP contribution in [0.1, 0.15) is 66.4 Å². The van der Waals surface area contributed by atoms with Crippen molar-refractivity contribution in [1.82, 2.24) is 15.2 Å². The molecule has 1 saturated heterocycles. The van der Waals surface area contributed by atoms with Crippen LogP contribution in [-0.4, -0.2) is 65.8 Å². The maximum Gasteiger partial charge on any atom is 0.407 e. The smallest absolute Gasteiger partial charge is 0.407 e. The molecule has 0 aliphatic carbocycles. The van der Waals surface area contributed by atoms with Gasteiger partial charge in [0, 0.05) is 27.0 Å². The Kier molecular flexibility index (Phi) is 9.16. The number of ether oxygens (including phenoxy) is 3. The molecule has 40 heavy (non-hydrogen) atoms. The topological polar surface area (TPSA) is 107 Å². The molecule has 2 aliphatic rings. The van der Waals surface area contributed by atoms with Crippen LogP contribution in [0.15, 0.2) is 24.4 Å². The van der Waals surface area contributed by atoms with Crippen LogP contribution in [0.5, 0.6) is 5.88 Å². The summed E-state index contributed by atoms with van der Waals surface area (Å²) in [6, 6.07) is 4.58. The van der Waals surface area contributed by atoms with Crippen molar-refractivity contribution in [3.05, 3.63) is 33.5 Å². The molecule has 4 bridgehead atoms. The van der Waals surface area contributed by atoms with Gasteiger partial charge in [-0.2, -0.15) is 0 Å². The third-order valence-corrected chi connectivity index (χ3v) is 8.40. The van der Waals surface area contributed by atoms with E-state index in [9.17, 15) is 14.4 Å². The van der Waals surface area contributed by atoms with Gasteiger partial charge in [-0.1, -0.05) is 46.8 Å². The van der Waals surface area contributed by atoms with Crippen LogP contribution in [0, 0.1) is 14.4 Å². The number of alkyl carbamates (subject to hydrolysis) is 1. The Morgan fingerprint density at radius 2 is 2.00 bits per heavy atom. The lowest BCUT2D eigenvalue weighted by Crippen LogP contribution is -2.57. The zero-order chi connectivity index (χ0) is 29.2. The number of hydrogen-bond donors (Lipinski definition) is 1. The lowest BCUT2D eigenvalue weighted by atomic mass is 9.85. The second kappa shape index (κ2) is 12.1. The molecule has 0 radical (unpaired) electrons. The first kappa shape index (κ1) is 30.3. The van der Waals surface area contributed by atoms with Gasteiger partial charge in [-0.25, -0.2) is 14.6 Å². The average molecular weight is 666 g/mol. The molecule has 1 aromatic heterocycles. The van der Waals surface area contributed by atoms with Crippen molar-refractivity contribution < 1.29 is 28.6 Å². The van der Waals surface area contributed by atoms with Gasteiger partial charge in [0.2, 0.25) is 11.8 Å². The molecular weight excluding hydrogens is 625 g/mol. The van der Waals surface area contributed by atoms with E-state index in [0.29, 0.717) is 5.88 Å². The second-order valence-electron chi connectivity index (χ2n) is 12.6. The van der Waals surface area contributed by atoms with Crippen molar-refractivity contribution in [2.45, 2.75) is 85.4 Å². The number of pyridine rings is 1. The Bertz CT molecular complexity index is 1270. The molecule has 1 aromatic carbocycles. The Labute approximate surface area is 249 Å². The summed E-state index contributed by atoms with van der Waals surface area (Å²) in [6.07, 6.45) is 3.53. The highest BCUT2D eigenvalue weighted by atomic mass is 127. The molecule has 2 amide bonds. The second-order valence-corrected chi connectivity index (χ2v) is 13.7. The van der Waals surface area contributed by atoms with Crippen LogP contribution in [0.25, 0.3) is 10.8 Å². The normalized spacial score (nSPS) is 24.1. The van der Waals surface area contributed by atoms with E-state index in [2.05, 4.69) is 64.9 Å². The number of aryl methyl sites for hydroxylation is 1. The largest absolute Gasteiger partial charge is 0.472 e. The molecule has 218 valence electrons. The Hall–Kier alpha value is -2.63. The van der Waals surface area contributed by atoms with Gasteiger partial charge in [0.1, 0.15) is 18.2 Å². The summed E-state index contributed by atoms with van der Waals surface area (Å²) >= 11 is 2.27. The fourth-order valence-corrected chi connectivity index (χ4v) is 5.91. The van der Waals surface area contributed by atoms with E-state index in [1.807, 2.05) is 20.8 Å². The Balaban J connectivity index is 1.75. The number of hydrogen-bond acceptors (Lipinski definition) is 7. The Morgan fingerprint density at radius 1 is 1.25 bits per heavy atom. The third kappa shape index (κ3) is 6.98. The van der Waals surface area contributed by atoms with Gasteiger partial charge in [0.15, 0.2) is 0 Å². The van der Waals surface area contributed by atoms with Crippen LogP contribution < -0.4 is 10.1 Å². The summed E-state index contributed by atoms with van der Waals surface area (Å²) in [5.41, 5.74) is 0.273. The highest BCUT2D eigenvalue weighted by molar-refractivity contribution is 14.1. The van der Waals surface area contributed by atoms with E-state index in [0.717, 1.165) is 39.2 Å². The molecule has 9 nitrogen and oxygen atoms in total. The fourth-order valence-electron chi connectivity index (χ4n) is 5.30. The van der Waals surface area contributed by atoms with Gasteiger partial charge in [-0.05, 0) is 71.2 Å². The summed E-state index contributed by atoms with van der Waals surface area (Å²) in [5, 5.41) is 4.74. The molecular formula is C30H40IN3O6. The lowest BCUT2D eigenvalue weighted by molar-refractivity contribution is -0.154. The van der Waals surface area contributed by atoms with E-state index in [4.69, 9.17) is 14.2 Å². The average Bonchev–Trinajstić information content (AvgIpc) is 3.30. The first-order valence-electron chi connectivity index (χ1n) is 13.9. The fraction of sp³-hybridized carbons (Fsp3) is 0.600. The molecule has 0 spiro atoms. The summed E-state index contributed by atoms with van der Waals surface area (Å²) < 4.78 is 18.4. The van der Waals surface area contributed by atoms with Crippen LogP contribution in [0.4, 0.5) is 4.79 Å². The van der Waals surface area contributed by atoms with E-state index < -0.39 is 35.7 Å². The number of halogens is 1. The van der Waals surface area contributed by atoms with Crippen LogP contribution >= 0.6 is 22.6 Å². The summed E-state index contributed by atoms with van der Waals surface area (Å²) in [6.45, 7) is 12.0. The number of carbonyl (C=O) groups is 3. The zero-order valence-electron chi connectivity index (χ0n) is 24.2. The quantitative estimate of drug-likeness (QED) is 0.345. The minimum absolute atomic E-state index is 0.160. The van der Waals surface area contributed by atoms with Crippen LogP contribution in [-0.2, 0) is 25.5 Å². The highest BCUT2D eigenvalue weighted by Crippen LogP contribution is 2.33. The number of aromatic nitrogens is 1. The number of carbonyl (C=O) groups excluding carboxylic acids is 3. The van der Waals surface area contributed by atoms with Crippen molar-refractivity contribution in [2.75, 3.05) is 19.8 Å². The molecule has 0 unspecified atom stereocenters. The number of benzene rings is 1. The first-order chi connectivity index (χ1) is 18.8. The molecule has 0 saturated carbocycles. The summed E-state index contributed by atoms with van der Waals surface area (Å²) in [7, 11) is 0. The Morgan fingerprint density at radius 3 is 2.70 bits per heavy atom. The van der Waals surface area contributed by atoms with Gasteiger partial charge in [-0.15, -0.1) is 0 Å². The van der Waals surface area contributed by atoms with Crippen LogP contribution in [0.3, 0.4) is 0 Å². The molecule has 10 heteroatoms. The molecule has 2 aliphatic heterocycles. The standard InChI is InChI=1S/C30H40IN3O6/c1-7-38-27(36)23-14-19-16-34(23)26(35)24(29(2,3)4)33-28(37)39-17-30(5,6)12-8-9-18-10-11-20-21(13-18)25(40-19)32-15-22(20)31/h10-11,13,15,19,23-24H,7-9,12,14,16-17H2,1-6H3,(H,33,37)/t19-,23+,24-/m1/s1. The maximum atomic E-state index is 14.0. The monoisotopic (exact) mass is 665 g/mol. The van der Waals surface area contributed by atoms with Gasteiger partial charge >= 0.3 is 12.1 Å².